The summed E-state index contributed by atoms with van der Waals surface area (Å²) >= 11 is 0. The van der Waals surface area contributed by atoms with Crippen molar-refractivity contribution in [3.05, 3.63) is 23.9 Å². The van der Waals surface area contributed by atoms with E-state index in [9.17, 15) is 0 Å². The third-order valence-corrected chi connectivity index (χ3v) is 1.30. The summed E-state index contributed by atoms with van der Waals surface area (Å²) < 4.78 is 14.9. The third-order valence-electron chi connectivity index (χ3n) is 1.30. The number of hydrogen-bond acceptors (Lipinski definition) is 3. The highest BCUT2D eigenvalue weighted by atomic mass is 16.5. The van der Waals surface area contributed by atoms with Crippen LogP contribution in [-0.2, 0) is 14.2 Å². The molecule has 0 bridgehead atoms. The number of ether oxygens (including phenoxy) is 3. The minimum Gasteiger partial charge on any atom is -0.500 e. The predicted octanol–water partition coefficient (Wildman–Crippen LogP) is 2.06. The van der Waals surface area contributed by atoms with E-state index in [2.05, 4.69) is 0 Å². The normalized spacial score (nSPS) is 12.7. The van der Waals surface area contributed by atoms with Gasteiger partial charge < -0.3 is 14.2 Å². The van der Waals surface area contributed by atoms with Crippen LogP contribution in [0.2, 0.25) is 0 Å². The van der Waals surface area contributed by atoms with Gasteiger partial charge in [-0.2, -0.15) is 0 Å². The van der Waals surface area contributed by atoms with E-state index in [1.54, 1.807) is 21.3 Å². The van der Waals surface area contributed by atoms with Crippen molar-refractivity contribution in [2.75, 3.05) is 21.3 Å². The molecule has 0 aromatic heterocycles. The van der Waals surface area contributed by atoms with Crippen LogP contribution in [0.4, 0.5) is 0 Å². The summed E-state index contributed by atoms with van der Waals surface area (Å²) in [6, 6.07) is 0. The average Bonchev–Trinajstić information content (AvgIpc) is 2.11. The van der Waals surface area contributed by atoms with E-state index in [1.165, 1.54) is 6.26 Å². The highest BCUT2D eigenvalue weighted by Gasteiger charge is 2.03. The molecule has 0 aliphatic heterocycles. The Kier molecular flexibility index (Phi) is 5.97. The summed E-state index contributed by atoms with van der Waals surface area (Å²) in [6.45, 7) is 2.03. The largest absolute Gasteiger partial charge is 0.500 e. The zero-order valence-electron chi connectivity index (χ0n) is 8.09. The fourth-order valence-electron chi connectivity index (χ4n) is 0.784. The molecule has 70 valence electrons. The lowest BCUT2D eigenvalue weighted by Crippen LogP contribution is -1.96. The van der Waals surface area contributed by atoms with Crippen LogP contribution in [0.15, 0.2) is 23.9 Å². The molecule has 0 saturated carbocycles. The highest BCUT2D eigenvalue weighted by molar-refractivity contribution is 5.17. The number of hydrogen-bond donors (Lipinski definition) is 0. The summed E-state index contributed by atoms with van der Waals surface area (Å²) in [6.07, 6.45) is 4.33. The minimum absolute atomic E-state index is 0.599. The molecule has 12 heavy (non-hydrogen) atoms. The summed E-state index contributed by atoms with van der Waals surface area (Å²) in [5.74, 6) is 1.30. The summed E-state index contributed by atoms with van der Waals surface area (Å²) in [7, 11) is 4.75. The van der Waals surface area contributed by atoms with Gasteiger partial charge in [0.25, 0.3) is 0 Å². The van der Waals surface area contributed by atoms with Gasteiger partial charge in [-0.25, -0.2) is 0 Å². The van der Waals surface area contributed by atoms with E-state index in [1.807, 2.05) is 13.0 Å². The molecule has 0 aliphatic carbocycles. The Morgan fingerprint density at radius 3 is 2.00 bits per heavy atom. The fourth-order valence-corrected chi connectivity index (χ4v) is 0.784. The first-order valence-electron chi connectivity index (χ1n) is 3.81. The van der Waals surface area contributed by atoms with Crippen LogP contribution in [-0.4, -0.2) is 21.3 Å². The first-order valence-corrected chi connectivity index (χ1v) is 3.81. The van der Waals surface area contributed by atoms with Crippen LogP contribution < -0.4 is 0 Å². The lowest BCUT2D eigenvalue weighted by Gasteiger charge is -2.08. The second-order valence-corrected chi connectivity index (χ2v) is 2.10. The second-order valence-electron chi connectivity index (χ2n) is 2.10. The zero-order chi connectivity index (χ0) is 9.40. The molecule has 0 aromatic carbocycles. The lowest BCUT2D eigenvalue weighted by molar-refractivity contribution is 0.200. The molecule has 0 atom stereocenters. The molecule has 0 saturated heterocycles. The Balaban J connectivity index is 4.44. The molecule has 0 rings (SSSR count). The van der Waals surface area contributed by atoms with Gasteiger partial charge in [0.2, 0.25) is 0 Å². The van der Waals surface area contributed by atoms with E-state index < -0.39 is 0 Å². The molecule has 0 radical (unpaired) electrons. The monoisotopic (exact) mass is 172 g/mol. The molecule has 0 N–H and O–H groups in total. The van der Waals surface area contributed by atoms with Gasteiger partial charge in [0.05, 0.1) is 21.3 Å². The van der Waals surface area contributed by atoms with Crippen molar-refractivity contribution in [3.63, 3.8) is 0 Å². The van der Waals surface area contributed by atoms with Crippen molar-refractivity contribution in [2.24, 2.45) is 0 Å². The Morgan fingerprint density at radius 2 is 1.67 bits per heavy atom. The maximum atomic E-state index is 5.08. The molecule has 3 nitrogen and oxygen atoms in total. The van der Waals surface area contributed by atoms with Crippen molar-refractivity contribution in [3.8, 4) is 0 Å². The zero-order valence-corrected chi connectivity index (χ0v) is 8.09. The van der Waals surface area contributed by atoms with Gasteiger partial charge in [-0.3, -0.25) is 0 Å². The predicted molar refractivity (Wildman–Crippen MR) is 47.5 cm³/mol. The average molecular weight is 172 g/mol. The molecule has 3 heteroatoms. The number of rotatable bonds is 5. The first-order chi connectivity index (χ1) is 5.79. The van der Waals surface area contributed by atoms with Gasteiger partial charge >= 0.3 is 0 Å². The van der Waals surface area contributed by atoms with Crippen molar-refractivity contribution < 1.29 is 14.2 Å². The Labute approximate surface area is 73.6 Å². The molecule has 0 amide bonds. The summed E-state index contributed by atoms with van der Waals surface area (Å²) in [5, 5.41) is 0. The van der Waals surface area contributed by atoms with Crippen molar-refractivity contribution in [1.82, 2.24) is 0 Å². The van der Waals surface area contributed by atoms with E-state index in [0.717, 1.165) is 6.42 Å². The Hall–Kier alpha value is -1.12. The SMILES string of the molecule is CCC=C(OC)C(=COC)OC. The van der Waals surface area contributed by atoms with Gasteiger partial charge in [0.15, 0.2) is 11.5 Å². The smallest absolute Gasteiger partial charge is 0.195 e. The van der Waals surface area contributed by atoms with Crippen LogP contribution in [0.1, 0.15) is 13.3 Å². The molecule has 0 aliphatic rings. The van der Waals surface area contributed by atoms with Crippen LogP contribution in [0.3, 0.4) is 0 Å². The quantitative estimate of drug-likeness (QED) is 0.469. The van der Waals surface area contributed by atoms with Gasteiger partial charge in [-0.05, 0) is 12.5 Å². The van der Waals surface area contributed by atoms with Crippen LogP contribution in [0.25, 0.3) is 0 Å². The summed E-state index contributed by atoms with van der Waals surface area (Å²) in [5.41, 5.74) is 0. The second kappa shape index (κ2) is 6.58. The van der Waals surface area contributed by atoms with Crippen molar-refractivity contribution in [1.29, 1.82) is 0 Å². The standard InChI is InChI=1S/C9H16O3/c1-5-6-8(11-3)9(12-4)7-10-2/h6-7H,5H2,1-4H3. The first kappa shape index (κ1) is 10.9. The van der Waals surface area contributed by atoms with E-state index in [0.29, 0.717) is 11.5 Å². The van der Waals surface area contributed by atoms with Crippen LogP contribution in [0.5, 0.6) is 0 Å². The highest BCUT2D eigenvalue weighted by Crippen LogP contribution is 2.11. The Morgan fingerprint density at radius 1 is 1.08 bits per heavy atom. The van der Waals surface area contributed by atoms with Crippen molar-refractivity contribution in [2.45, 2.75) is 13.3 Å². The fraction of sp³-hybridized carbons (Fsp3) is 0.556. The van der Waals surface area contributed by atoms with Gasteiger partial charge in [-0.1, -0.05) is 6.92 Å². The minimum atomic E-state index is 0.599. The molecule has 0 unspecified atom stereocenters. The van der Waals surface area contributed by atoms with Gasteiger partial charge in [0, 0.05) is 0 Å². The Bertz CT molecular complexity index is 151. The van der Waals surface area contributed by atoms with Gasteiger partial charge in [-0.15, -0.1) is 0 Å². The molecule has 0 aromatic rings. The topological polar surface area (TPSA) is 27.7 Å². The number of allylic oxidation sites excluding steroid dienone is 1. The molecular weight excluding hydrogens is 156 g/mol. The maximum absolute atomic E-state index is 5.08. The van der Waals surface area contributed by atoms with Crippen LogP contribution >= 0.6 is 0 Å². The number of methoxy groups -OCH3 is 3. The van der Waals surface area contributed by atoms with E-state index in [4.69, 9.17) is 14.2 Å². The van der Waals surface area contributed by atoms with E-state index >= 15 is 0 Å². The summed E-state index contributed by atoms with van der Waals surface area (Å²) in [4.78, 5) is 0. The van der Waals surface area contributed by atoms with E-state index in [-0.39, 0.29) is 0 Å². The molecule has 0 fully saturated rings. The van der Waals surface area contributed by atoms with Crippen LogP contribution in [0, 0.1) is 0 Å². The molecule has 0 heterocycles. The van der Waals surface area contributed by atoms with Gasteiger partial charge in [0.1, 0.15) is 6.26 Å². The molecule has 0 spiro atoms. The van der Waals surface area contributed by atoms with Crippen molar-refractivity contribution >= 4 is 0 Å². The lowest BCUT2D eigenvalue weighted by atomic mass is 10.3. The third kappa shape index (κ3) is 3.32. The maximum Gasteiger partial charge on any atom is 0.195 e. The molecular formula is C9H16O3.